The van der Waals surface area contributed by atoms with E-state index in [1.54, 1.807) is 0 Å². The van der Waals surface area contributed by atoms with Gasteiger partial charge in [-0.1, -0.05) is 48.5 Å². The average Bonchev–Trinajstić information content (AvgIpc) is 3.53. The van der Waals surface area contributed by atoms with E-state index in [1.165, 1.54) is 10.1 Å². The van der Waals surface area contributed by atoms with Crippen molar-refractivity contribution in [3.05, 3.63) is 87.2 Å². The Morgan fingerprint density at radius 3 is 1.74 bits per heavy atom. The minimum absolute atomic E-state index is 0.153. The molecular weight excluding hydrogens is 338 g/mol. The molecule has 2 aromatic carbocycles. The highest BCUT2D eigenvalue weighted by molar-refractivity contribution is 5.54. The van der Waals surface area contributed by atoms with Crippen LogP contribution in [0.2, 0.25) is 0 Å². The maximum Gasteiger partial charge on any atom is 0.352 e. The molecule has 4 aliphatic carbocycles. The molecule has 0 radical (unpaired) electrons. The minimum Gasteiger partial charge on any atom is -0.245 e. The predicted molar refractivity (Wildman–Crippen MR) is 97.9 cm³/mol. The lowest BCUT2D eigenvalue weighted by atomic mass is 9.89. The molecule has 6 aliphatic rings. The molecule has 3 aromatic rings. The minimum atomic E-state index is -0.153. The van der Waals surface area contributed by atoms with Crippen LogP contribution in [0, 0.1) is 29.6 Å². The van der Waals surface area contributed by atoms with E-state index < -0.39 is 0 Å². The lowest BCUT2D eigenvalue weighted by Gasteiger charge is -2.36. The summed E-state index contributed by atoms with van der Waals surface area (Å²) in [6.45, 7) is 0. The molecule has 0 saturated heterocycles. The lowest BCUT2D eigenvalue weighted by molar-refractivity contribution is 0.112. The van der Waals surface area contributed by atoms with Gasteiger partial charge in [0.25, 0.3) is 0 Å². The summed E-state index contributed by atoms with van der Waals surface area (Å²) in [6.07, 6.45) is 0. The Balaban J connectivity index is 1.38. The van der Waals surface area contributed by atoms with E-state index in [1.807, 2.05) is 39.7 Å². The molecule has 9 rings (SSSR count). The van der Waals surface area contributed by atoms with E-state index in [0.29, 0.717) is 35.3 Å². The van der Waals surface area contributed by atoms with Gasteiger partial charge in [-0.15, -0.1) is 0 Å². The van der Waals surface area contributed by atoms with Crippen LogP contribution in [0.25, 0.3) is 5.69 Å². The van der Waals surface area contributed by atoms with E-state index in [9.17, 15) is 9.59 Å². The normalized spacial score (nSPS) is 42.9. The second-order valence-corrected chi connectivity index (χ2v) is 8.94. The smallest absolute Gasteiger partial charge is 0.245 e. The van der Waals surface area contributed by atoms with Gasteiger partial charge in [0, 0.05) is 5.41 Å². The van der Waals surface area contributed by atoms with Gasteiger partial charge in [-0.25, -0.2) is 23.5 Å². The fourth-order valence-electron chi connectivity index (χ4n) is 8.00. The summed E-state index contributed by atoms with van der Waals surface area (Å²) in [7, 11) is 0. The van der Waals surface area contributed by atoms with E-state index in [4.69, 9.17) is 0 Å². The average molecular weight is 355 g/mol. The molecule has 0 spiro atoms. The SMILES string of the molecule is O=c1n(-c2ccccc2)c(=O)n2n1[C@@H]1[C@H]3C4[C@H]3[C@@H]2[C@H]2[C@@H]1C42c1ccccc1. The number of hydrogen-bond donors (Lipinski definition) is 0. The van der Waals surface area contributed by atoms with Gasteiger partial charge >= 0.3 is 11.4 Å². The molecule has 0 amide bonds. The molecule has 0 N–H and O–H groups in total. The van der Waals surface area contributed by atoms with Crippen molar-refractivity contribution in [3.63, 3.8) is 0 Å². The molecular formula is C22H17N3O2. The maximum absolute atomic E-state index is 13.3. The fourth-order valence-corrected chi connectivity index (χ4v) is 8.00. The second-order valence-electron chi connectivity index (χ2n) is 8.94. The number of para-hydroxylation sites is 1. The molecule has 2 aliphatic heterocycles. The Kier molecular flexibility index (Phi) is 1.85. The lowest BCUT2D eigenvalue weighted by Crippen LogP contribution is -2.45. The highest BCUT2D eigenvalue weighted by Crippen LogP contribution is 2.97. The third kappa shape index (κ3) is 1.10. The fraction of sp³-hybridized carbons (Fsp3) is 0.364. The number of aromatic nitrogens is 3. The van der Waals surface area contributed by atoms with Crippen LogP contribution < -0.4 is 11.4 Å². The molecule has 5 nitrogen and oxygen atoms in total. The molecule has 5 heteroatoms. The molecule has 2 unspecified atom stereocenters. The van der Waals surface area contributed by atoms with Crippen molar-refractivity contribution >= 4 is 0 Å². The van der Waals surface area contributed by atoms with Crippen LogP contribution in [-0.4, -0.2) is 13.9 Å². The second kappa shape index (κ2) is 3.75. The molecule has 2 bridgehead atoms. The quantitative estimate of drug-likeness (QED) is 0.706. The molecule has 4 saturated carbocycles. The summed E-state index contributed by atoms with van der Waals surface area (Å²) in [5.74, 6) is 2.92. The molecule has 27 heavy (non-hydrogen) atoms. The van der Waals surface area contributed by atoms with Crippen molar-refractivity contribution in [2.45, 2.75) is 17.5 Å². The van der Waals surface area contributed by atoms with Crippen LogP contribution in [0.1, 0.15) is 17.6 Å². The molecule has 132 valence electrons. The largest absolute Gasteiger partial charge is 0.352 e. The Morgan fingerprint density at radius 1 is 0.667 bits per heavy atom. The van der Waals surface area contributed by atoms with Crippen LogP contribution in [0.4, 0.5) is 0 Å². The Bertz CT molecular complexity index is 1210. The van der Waals surface area contributed by atoms with Crippen molar-refractivity contribution in [1.82, 2.24) is 13.9 Å². The van der Waals surface area contributed by atoms with Gasteiger partial charge in [-0.05, 0) is 47.3 Å². The van der Waals surface area contributed by atoms with Crippen LogP contribution >= 0.6 is 0 Å². The van der Waals surface area contributed by atoms with Crippen LogP contribution in [-0.2, 0) is 5.41 Å². The van der Waals surface area contributed by atoms with Gasteiger partial charge in [-0.3, -0.25) is 0 Å². The van der Waals surface area contributed by atoms with E-state index in [-0.39, 0.29) is 28.9 Å². The van der Waals surface area contributed by atoms with Crippen molar-refractivity contribution in [1.29, 1.82) is 0 Å². The van der Waals surface area contributed by atoms with Crippen LogP contribution in [0.15, 0.2) is 70.3 Å². The van der Waals surface area contributed by atoms with Crippen molar-refractivity contribution in [3.8, 4) is 5.69 Å². The van der Waals surface area contributed by atoms with E-state index in [2.05, 4.69) is 30.3 Å². The van der Waals surface area contributed by atoms with Gasteiger partial charge in [0.2, 0.25) is 0 Å². The zero-order chi connectivity index (χ0) is 17.7. The first-order valence-corrected chi connectivity index (χ1v) is 9.85. The molecule has 8 atom stereocenters. The predicted octanol–water partition coefficient (Wildman–Crippen LogP) is 1.97. The van der Waals surface area contributed by atoms with Gasteiger partial charge in [-0.2, -0.15) is 0 Å². The zero-order valence-corrected chi connectivity index (χ0v) is 14.5. The van der Waals surface area contributed by atoms with Crippen molar-refractivity contribution in [2.75, 3.05) is 0 Å². The summed E-state index contributed by atoms with van der Waals surface area (Å²) < 4.78 is 5.07. The first-order chi connectivity index (χ1) is 13.3. The Labute approximate surface area is 154 Å². The highest BCUT2D eigenvalue weighted by Gasteiger charge is 2.97. The van der Waals surface area contributed by atoms with Crippen molar-refractivity contribution < 1.29 is 0 Å². The Hall–Kier alpha value is -2.82. The molecule has 1 aromatic heterocycles. The number of benzene rings is 2. The van der Waals surface area contributed by atoms with Gasteiger partial charge < -0.3 is 0 Å². The number of nitrogens with zero attached hydrogens (tertiary/aromatic N) is 3. The first-order valence-electron chi connectivity index (χ1n) is 9.85. The monoisotopic (exact) mass is 355 g/mol. The summed E-state index contributed by atoms with van der Waals surface area (Å²) in [5, 5.41) is 0. The topological polar surface area (TPSA) is 48.9 Å². The first kappa shape index (κ1) is 13.4. The van der Waals surface area contributed by atoms with E-state index in [0.717, 1.165) is 0 Å². The van der Waals surface area contributed by atoms with Crippen molar-refractivity contribution in [2.24, 2.45) is 29.6 Å². The summed E-state index contributed by atoms with van der Waals surface area (Å²) in [4.78, 5) is 26.6. The standard InChI is InChI=1S/C22H17N3O2/c26-20-23(12-9-5-2-6-10-12)21(27)25-19-14-13-15(14)22(11-7-3-1-4-8-11)16(17(19)22)18(13)24(20)25/h1-10,13-19H/t13-,14+,15?,16+,17-,18-,19-,22?/m1/s1. The zero-order valence-electron chi connectivity index (χ0n) is 14.5. The third-order valence-electron chi connectivity index (χ3n) is 8.45. The van der Waals surface area contributed by atoms with Gasteiger partial charge in [0.05, 0.1) is 17.8 Å². The molecule has 4 fully saturated rings. The molecule has 3 heterocycles. The van der Waals surface area contributed by atoms with Crippen LogP contribution in [0.3, 0.4) is 0 Å². The van der Waals surface area contributed by atoms with Gasteiger partial charge in [0.15, 0.2) is 0 Å². The van der Waals surface area contributed by atoms with Crippen LogP contribution in [0.5, 0.6) is 0 Å². The number of rotatable bonds is 2. The highest BCUT2D eigenvalue weighted by atomic mass is 16.2. The summed E-state index contributed by atoms with van der Waals surface area (Å²) >= 11 is 0. The summed E-state index contributed by atoms with van der Waals surface area (Å²) in [5.41, 5.74) is 2.03. The number of hydrogen-bond acceptors (Lipinski definition) is 2. The van der Waals surface area contributed by atoms with Gasteiger partial charge in [0.1, 0.15) is 0 Å². The Morgan fingerprint density at radius 2 is 1.19 bits per heavy atom. The third-order valence-corrected chi connectivity index (χ3v) is 8.45. The maximum atomic E-state index is 13.3. The summed E-state index contributed by atoms with van der Waals surface area (Å²) in [6, 6.07) is 20.6. The van der Waals surface area contributed by atoms with E-state index >= 15 is 0 Å².